The van der Waals surface area contributed by atoms with Crippen LogP contribution >= 0.6 is 0 Å². The van der Waals surface area contributed by atoms with E-state index in [0.717, 1.165) is 6.42 Å². The Kier molecular flexibility index (Phi) is 3.91. The molecule has 1 aromatic rings. The molecule has 1 N–H and O–H groups in total. The number of nitrogens with zero attached hydrogens (tertiary/aromatic N) is 4. The molecule has 0 spiro atoms. The van der Waals surface area contributed by atoms with Gasteiger partial charge in [-0.05, 0) is 12.8 Å². The number of rotatable bonds is 4. The Balaban J connectivity index is 1.83. The number of carboxylic acids is 1. The van der Waals surface area contributed by atoms with E-state index in [2.05, 4.69) is 10.3 Å². The van der Waals surface area contributed by atoms with Gasteiger partial charge in [-0.15, -0.1) is 5.10 Å². The minimum absolute atomic E-state index is 0.0172. The molecule has 0 saturated carbocycles. The third kappa shape index (κ3) is 3.06. The molecular weight excluding hydrogens is 236 g/mol. The maximum atomic E-state index is 11.9. The van der Waals surface area contributed by atoms with Crippen LogP contribution in [0.25, 0.3) is 0 Å². The lowest BCUT2D eigenvalue weighted by molar-refractivity contribution is -0.145. The average molecular weight is 252 g/mol. The molecule has 2 rings (SSSR count). The van der Waals surface area contributed by atoms with Crippen molar-refractivity contribution in [3.8, 4) is 0 Å². The first-order chi connectivity index (χ1) is 8.66. The van der Waals surface area contributed by atoms with Gasteiger partial charge in [0.1, 0.15) is 0 Å². The maximum absolute atomic E-state index is 11.9. The molecule has 0 bridgehead atoms. The van der Waals surface area contributed by atoms with Gasteiger partial charge in [0, 0.05) is 25.7 Å². The zero-order valence-corrected chi connectivity index (χ0v) is 10.0. The Labute approximate surface area is 104 Å². The fourth-order valence-corrected chi connectivity index (χ4v) is 2.13. The number of carbonyl (C=O) groups excluding carboxylic acids is 1. The molecule has 1 amide bonds. The minimum atomic E-state index is -0.816. The molecule has 1 aromatic heterocycles. The van der Waals surface area contributed by atoms with Crippen LogP contribution in [-0.4, -0.2) is 50.0 Å². The molecule has 0 radical (unpaired) electrons. The number of aromatic nitrogens is 3. The zero-order valence-electron chi connectivity index (χ0n) is 10.0. The zero-order chi connectivity index (χ0) is 13.0. The molecule has 0 aliphatic carbocycles. The van der Waals surface area contributed by atoms with Crippen molar-refractivity contribution in [1.82, 2.24) is 19.9 Å². The molecule has 1 atom stereocenters. The Morgan fingerprint density at radius 3 is 2.94 bits per heavy atom. The molecule has 0 aromatic carbocycles. The van der Waals surface area contributed by atoms with Crippen molar-refractivity contribution in [1.29, 1.82) is 0 Å². The SMILES string of the molecule is O=C(O)[C@H]1CCCN(C(=O)CCn2ccnn2)C1. The predicted octanol–water partition coefficient (Wildman–Crippen LogP) is -0.00860. The van der Waals surface area contributed by atoms with Crippen LogP contribution in [-0.2, 0) is 16.1 Å². The van der Waals surface area contributed by atoms with E-state index >= 15 is 0 Å². The van der Waals surface area contributed by atoms with Gasteiger partial charge in [-0.1, -0.05) is 5.21 Å². The van der Waals surface area contributed by atoms with Crippen LogP contribution in [0.1, 0.15) is 19.3 Å². The van der Waals surface area contributed by atoms with Gasteiger partial charge in [-0.3, -0.25) is 14.3 Å². The van der Waals surface area contributed by atoms with Crippen LogP contribution in [0.2, 0.25) is 0 Å². The van der Waals surface area contributed by atoms with Crippen LogP contribution in [0, 0.1) is 5.92 Å². The molecule has 1 saturated heterocycles. The molecule has 1 aliphatic heterocycles. The summed E-state index contributed by atoms with van der Waals surface area (Å²) in [5, 5.41) is 16.4. The van der Waals surface area contributed by atoms with Crippen molar-refractivity contribution < 1.29 is 14.7 Å². The van der Waals surface area contributed by atoms with Gasteiger partial charge in [0.05, 0.1) is 18.7 Å². The normalized spacial score (nSPS) is 19.8. The molecule has 1 aliphatic rings. The summed E-state index contributed by atoms with van der Waals surface area (Å²) in [6.07, 6.45) is 5.00. The largest absolute Gasteiger partial charge is 0.481 e. The third-order valence-electron chi connectivity index (χ3n) is 3.15. The van der Waals surface area contributed by atoms with Crippen molar-refractivity contribution in [2.24, 2.45) is 5.92 Å². The summed E-state index contributed by atoms with van der Waals surface area (Å²) in [7, 11) is 0. The number of likely N-dealkylation sites (tertiary alicyclic amines) is 1. The second kappa shape index (κ2) is 5.61. The smallest absolute Gasteiger partial charge is 0.308 e. The molecule has 1 fully saturated rings. The van der Waals surface area contributed by atoms with Crippen LogP contribution < -0.4 is 0 Å². The van der Waals surface area contributed by atoms with E-state index in [0.29, 0.717) is 32.5 Å². The van der Waals surface area contributed by atoms with Crippen LogP contribution in [0.15, 0.2) is 12.4 Å². The lowest BCUT2D eigenvalue weighted by atomic mass is 9.98. The second-order valence-electron chi connectivity index (χ2n) is 4.43. The maximum Gasteiger partial charge on any atom is 0.308 e. The van der Waals surface area contributed by atoms with E-state index in [4.69, 9.17) is 5.11 Å². The number of hydrogen-bond acceptors (Lipinski definition) is 4. The third-order valence-corrected chi connectivity index (χ3v) is 3.15. The molecule has 0 unspecified atom stereocenters. The highest BCUT2D eigenvalue weighted by Crippen LogP contribution is 2.17. The second-order valence-corrected chi connectivity index (χ2v) is 4.43. The van der Waals surface area contributed by atoms with Crippen LogP contribution in [0.5, 0.6) is 0 Å². The first-order valence-electron chi connectivity index (χ1n) is 6.01. The van der Waals surface area contributed by atoms with Gasteiger partial charge in [0.15, 0.2) is 0 Å². The van der Waals surface area contributed by atoms with E-state index in [1.165, 1.54) is 0 Å². The van der Waals surface area contributed by atoms with Gasteiger partial charge in [0.25, 0.3) is 0 Å². The summed E-state index contributed by atoms with van der Waals surface area (Å²) in [5.74, 6) is -1.26. The highest BCUT2D eigenvalue weighted by molar-refractivity contribution is 5.77. The number of carboxylic acid groups (broad SMARTS) is 1. The van der Waals surface area contributed by atoms with Crippen molar-refractivity contribution in [2.45, 2.75) is 25.8 Å². The van der Waals surface area contributed by atoms with E-state index in [1.807, 2.05) is 0 Å². The first kappa shape index (κ1) is 12.5. The van der Waals surface area contributed by atoms with E-state index in [1.54, 1.807) is 22.0 Å². The van der Waals surface area contributed by atoms with E-state index in [9.17, 15) is 9.59 Å². The van der Waals surface area contributed by atoms with Crippen molar-refractivity contribution in [3.05, 3.63) is 12.4 Å². The van der Waals surface area contributed by atoms with Gasteiger partial charge in [-0.25, -0.2) is 0 Å². The average Bonchev–Trinajstić information content (AvgIpc) is 2.89. The molecule has 7 heteroatoms. The standard InChI is InChI=1S/C11H16N4O3/c16-10(3-6-15-7-4-12-13-15)14-5-1-2-9(8-14)11(17)18/h4,7,9H,1-3,5-6,8H2,(H,17,18)/t9-/m0/s1. The predicted molar refractivity (Wildman–Crippen MR) is 61.6 cm³/mol. The Bertz CT molecular complexity index is 418. The van der Waals surface area contributed by atoms with Gasteiger partial charge >= 0.3 is 5.97 Å². The summed E-state index contributed by atoms with van der Waals surface area (Å²) < 4.78 is 1.59. The number of aryl methyl sites for hydroxylation is 1. The van der Waals surface area contributed by atoms with Crippen molar-refractivity contribution >= 4 is 11.9 Å². The fourth-order valence-electron chi connectivity index (χ4n) is 2.13. The molecular formula is C11H16N4O3. The first-order valence-corrected chi connectivity index (χ1v) is 6.01. The highest BCUT2D eigenvalue weighted by atomic mass is 16.4. The number of aliphatic carboxylic acids is 1. The lowest BCUT2D eigenvalue weighted by Gasteiger charge is -2.30. The molecule has 18 heavy (non-hydrogen) atoms. The number of hydrogen-bond donors (Lipinski definition) is 1. The molecule has 2 heterocycles. The van der Waals surface area contributed by atoms with Gasteiger partial charge < -0.3 is 10.0 Å². The monoisotopic (exact) mass is 252 g/mol. The van der Waals surface area contributed by atoms with Crippen molar-refractivity contribution in [2.75, 3.05) is 13.1 Å². The Morgan fingerprint density at radius 2 is 2.28 bits per heavy atom. The number of piperidine rings is 1. The van der Waals surface area contributed by atoms with E-state index in [-0.39, 0.29) is 5.91 Å². The summed E-state index contributed by atoms with van der Waals surface area (Å²) in [4.78, 5) is 24.5. The topological polar surface area (TPSA) is 88.3 Å². The van der Waals surface area contributed by atoms with Crippen molar-refractivity contribution in [3.63, 3.8) is 0 Å². The highest BCUT2D eigenvalue weighted by Gasteiger charge is 2.27. The van der Waals surface area contributed by atoms with E-state index < -0.39 is 11.9 Å². The molecule has 98 valence electrons. The summed E-state index contributed by atoms with van der Waals surface area (Å²) in [6.45, 7) is 1.46. The van der Waals surface area contributed by atoms with Crippen LogP contribution in [0.3, 0.4) is 0 Å². The Morgan fingerprint density at radius 1 is 1.44 bits per heavy atom. The minimum Gasteiger partial charge on any atom is -0.481 e. The van der Waals surface area contributed by atoms with Crippen LogP contribution in [0.4, 0.5) is 0 Å². The number of amides is 1. The summed E-state index contributed by atoms with van der Waals surface area (Å²) in [5.41, 5.74) is 0. The number of carbonyl (C=O) groups is 2. The van der Waals surface area contributed by atoms with Gasteiger partial charge in [0.2, 0.25) is 5.91 Å². The summed E-state index contributed by atoms with van der Waals surface area (Å²) >= 11 is 0. The fraction of sp³-hybridized carbons (Fsp3) is 0.636. The lowest BCUT2D eigenvalue weighted by Crippen LogP contribution is -2.42. The summed E-state index contributed by atoms with van der Waals surface area (Å²) in [6, 6.07) is 0. The Hall–Kier alpha value is -1.92. The van der Waals surface area contributed by atoms with Gasteiger partial charge in [-0.2, -0.15) is 0 Å². The quantitative estimate of drug-likeness (QED) is 0.814. The molecule has 7 nitrogen and oxygen atoms in total.